The molecule has 100 valence electrons. The quantitative estimate of drug-likeness (QED) is 0.805. The maximum atomic E-state index is 12.0. The number of nitrogens with one attached hydrogen (secondary N) is 2. The van der Waals surface area contributed by atoms with Gasteiger partial charge in [-0.3, -0.25) is 9.59 Å². The molecule has 0 saturated carbocycles. The fourth-order valence-corrected chi connectivity index (χ4v) is 2.02. The molecule has 19 heavy (non-hydrogen) atoms. The predicted octanol–water partition coefficient (Wildman–Crippen LogP) is 1.38. The van der Waals surface area contributed by atoms with Gasteiger partial charge in [0, 0.05) is 6.42 Å². The van der Waals surface area contributed by atoms with Crippen molar-refractivity contribution in [2.45, 2.75) is 26.3 Å². The fourth-order valence-electron chi connectivity index (χ4n) is 2.02. The first-order valence-electron chi connectivity index (χ1n) is 6.43. The Hall–Kier alpha value is -2.10. The molecule has 2 amide bonds. The van der Waals surface area contributed by atoms with Crippen molar-refractivity contribution in [1.29, 1.82) is 0 Å². The zero-order valence-corrected chi connectivity index (χ0v) is 11.1. The van der Waals surface area contributed by atoms with Crippen LogP contribution in [-0.2, 0) is 16.0 Å². The van der Waals surface area contributed by atoms with Crippen LogP contribution in [0.3, 0.4) is 0 Å². The van der Waals surface area contributed by atoms with Gasteiger partial charge < -0.3 is 10.6 Å². The van der Waals surface area contributed by atoms with Crippen molar-refractivity contribution in [2.24, 2.45) is 5.92 Å². The summed E-state index contributed by atoms with van der Waals surface area (Å²) < 4.78 is 0. The van der Waals surface area contributed by atoms with Gasteiger partial charge in [0.15, 0.2) is 0 Å². The van der Waals surface area contributed by atoms with E-state index in [1.165, 1.54) is 0 Å². The molecule has 0 spiro atoms. The first kappa shape index (κ1) is 13.3. The molecule has 2 rings (SSSR count). The smallest absolute Gasteiger partial charge is 0.268 e. The molecule has 1 aromatic rings. The first-order chi connectivity index (χ1) is 9.06. The van der Waals surface area contributed by atoms with E-state index in [-0.39, 0.29) is 17.7 Å². The lowest BCUT2D eigenvalue weighted by atomic mass is 10.0. The van der Waals surface area contributed by atoms with Gasteiger partial charge in [-0.15, -0.1) is 0 Å². The number of carbonyl (C=O) groups excluding carboxylic acids is 2. The molecular weight excluding hydrogens is 240 g/mol. The molecule has 0 radical (unpaired) electrons. The summed E-state index contributed by atoms with van der Waals surface area (Å²) in [5.41, 5.74) is 1.38. The highest BCUT2D eigenvalue weighted by atomic mass is 16.2. The zero-order valence-electron chi connectivity index (χ0n) is 11.1. The van der Waals surface area contributed by atoms with Gasteiger partial charge in [0.25, 0.3) is 5.91 Å². The van der Waals surface area contributed by atoms with E-state index in [1.54, 1.807) is 6.08 Å². The van der Waals surface area contributed by atoms with Crippen LogP contribution in [0.15, 0.2) is 42.1 Å². The van der Waals surface area contributed by atoms with Crippen molar-refractivity contribution in [2.75, 3.05) is 0 Å². The van der Waals surface area contributed by atoms with Gasteiger partial charge >= 0.3 is 0 Å². The molecule has 0 aromatic heterocycles. The van der Waals surface area contributed by atoms with Crippen LogP contribution < -0.4 is 10.6 Å². The Morgan fingerprint density at radius 1 is 1.21 bits per heavy atom. The number of carbonyl (C=O) groups is 2. The summed E-state index contributed by atoms with van der Waals surface area (Å²) in [6.07, 6.45) is 2.26. The van der Waals surface area contributed by atoms with Gasteiger partial charge in [0.1, 0.15) is 11.7 Å². The Labute approximate surface area is 112 Å². The van der Waals surface area contributed by atoms with Crippen LogP contribution in [0.4, 0.5) is 0 Å². The molecule has 1 atom stereocenters. The molecule has 1 aliphatic heterocycles. The summed E-state index contributed by atoms with van der Waals surface area (Å²) in [5.74, 6) is -0.156. The second-order valence-electron chi connectivity index (χ2n) is 5.03. The van der Waals surface area contributed by atoms with Crippen molar-refractivity contribution >= 4 is 11.8 Å². The molecular formula is C15H18N2O2. The van der Waals surface area contributed by atoms with Crippen molar-refractivity contribution in [3.05, 3.63) is 47.7 Å². The van der Waals surface area contributed by atoms with Crippen molar-refractivity contribution in [3.8, 4) is 0 Å². The predicted molar refractivity (Wildman–Crippen MR) is 73.1 cm³/mol. The first-order valence-corrected chi connectivity index (χ1v) is 6.43. The standard InChI is InChI=1S/C15H18N2O2/c1-10(2)8-12-14(18)17-13(15(19)16-12)9-11-6-4-3-5-7-11/h3-8,10,13H,9H2,1-2H3,(H,16,19)(H,17,18)/b12-8-/t13-/m0/s1. The molecule has 4 nitrogen and oxygen atoms in total. The molecule has 0 bridgehead atoms. The van der Waals surface area contributed by atoms with Gasteiger partial charge in [0.05, 0.1) is 0 Å². The summed E-state index contributed by atoms with van der Waals surface area (Å²) in [4.78, 5) is 23.9. The minimum Gasteiger partial charge on any atom is -0.339 e. The Morgan fingerprint density at radius 2 is 1.89 bits per heavy atom. The zero-order chi connectivity index (χ0) is 13.8. The number of hydrogen-bond donors (Lipinski definition) is 2. The Bertz CT molecular complexity index is 506. The van der Waals surface area contributed by atoms with Gasteiger partial charge in [0.2, 0.25) is 5.91 Å². The largest absolute Gasteiger partial charge is 0.339 e. The highest BCUT2D eigenvalue weighted by Crippen LogP contribution is 2.09. The van der Waals surface area contributed by atoms with E-state index in [0.717, 1.165) is 5.56 Å². The van der Waals surface area contributed by atoms with Gasteiger partial charge in [-0.2, -0.15) is 0 Å². The van der Waals surface area contributed by atoms with Crippen LogP contribution in [0.1, 0.15) is 19.4 Å². The molecule has 1 heterocycles. The molecule has 1 saturated heterocycles. The lowest BCUT2D eigenvalue weighted by Crippen LogP contribution is -2.55. The van der Waals surface area contributed by atoms with Crippen LogP contribution in [0.25, 0.3) is 0 Å². The van der Waals surface area contributed by atoms with Crippen molar-refractivity contribution < 1.29 is 9.59 Å². The maximum Gasteiger partial charge on any atom is 0.268 e. The van der Waals surface area contributed by atoms with Gasteiger partial charge in [-0.05, 0) is 11.5 Å². The van der Waals surface area contributed by atoms with E-state index < -0.39 is 6.04 Å². The topological polar surface area (TPSA) is 58.2 Å². The van der Waals surface area contributed by atoms with Crippen molar-refractivity contribution in [3.63, 3.8) is 0 Å². The van der Waals surface area contributed by atoms with E-state index in [9.17, 15) is 9.59 Å². The lowest BCUT2D eigenvalue weighted by Gasteiger charge is -2.25. The van der Waals surface area contributed by atoms with Crippen LogP contribution in [-0.4, -0.2) is 17.9 Å². The summed E-state index contributed by atoms with van der Waals surface area (Å²) in [7, 11) is 0. The number of allylic oxidation sites excluding steroid dienone is 1. The Kier molecular flexibility index (Phi) is 4.00. The molecule has 1 fully saturated rings. The number of piperazine rings is 1. The SMILES string of the molecule is CC(C)/C=C1\NC(=O)[C@H](Cc2ccccc2)NC1=O. The highest BCUT2D eigenvalue weighted by molar-refractivity contribution is 6.04. The van der Waals surface area contributed by atoms with E-state index in [0.29, 0.717) is 12.1 Å². The maximum absolute atomic E-state index is 12.0. The highest BCUT2D eigenvalue weighted by Gasteiger charge is 2.29. The molecule has 4 heteroatoms. The van der Waals surface area contributed by atoms with Crippen LogP contribution in [0.2, 0.25) is 0 Å². The average molecular weight is 258 g/mol. The average Bonchev–Trinajstić information content (AvgIpc) is 2.36. The van der Waals surface area contributed by atoms with Crippen LogP contribution in [0, 0.1) is 5.92 Å². The second kappa shape index (κ2) is 5.69. The third-order valence-electron chi connectivity index (χ3n) is 2.91. The van der Waals surface area contributed by atoms with Crippen LogP contribution in [0.5, 0.6) is 0 Å². The molecule has 1 aromatic carbocycles. The third kappa shape index (κ3) is 3.44. The number of rotatable bonds is 3. The van der Waals surface area contributed by atoms with Crippen molar-refractivity contribution in [1.82, 2.24) is 10.6 Å². The third-order valence-corrected chi connectivity index (χ3v) is 2.91. The summed E-state index contributed by atoms with van der Waals surface area (Å²) in [5, 5.41) is 5.43. The van der Waals surface area contributed by atoms with E-state index >= 15 is 0 Å². The molecule has 0 unspecified atom stereocenters. The van der Waals surface area contributed by atoms with Gasteiger partial charge in [-0.1, -0.05) is 50.3 Å². The number of hydrogen-bond acceptors (Lipinski definition) is 2. The van der Waals surface area contributed by atoms with E-state index in [2.05, 4.69) is 10.6 Å². The minimum atomic E-state index is -0.501. The summed E-state index contributed by atoms with van der Waals surface area (Å²) >= 11 is 0. The van der Waals surface area contributed by atoms with Gasteiger partial charge in [-0.25, -0.2) is 0 Å². The number of benzene rings is 1. The molecule has 1 aliphatic rings. The summed E-state index contributed by atoms with van der Waals surface area (Å²) in [6.45, 7) is 3.92. The van der Waals surface area contributed by atoms with Crippen LogP contribution >= 0.6 is 0 Å². The second-order valence-corrected chi connectivity index (χ2v) is 5.03. The molecule has 0 aliphatic carbocycles. The fraction of sp³-hybridized carbons (Fsp3) is 0.333. The monoisotopic (exact) mass is 258 g/mol. The Morgan fingerprint density at radius 3 is 2.53 bits per heavy atom. The summed E-state index contributed by atoms with van der Waals surface area (Å²) in [6, 6.07) is 9.15. The molecule has 2 N–H and O–H groups in total. The van der Waals surface area contributed by atoms with E-state index in [4.69, 9.17) is 0 Å². The minimum absolute atomic E-state index is 0.157. The number of amides is 2. The normalized spacial score (nSPS) is 21.4. The van der Waals surface area contributed by atoms with E-state index in [1.807, 2.05) is 44.2 Å². The lowest BCUT2D eigenvalue weighted by molar-refractivity contribution is -0.131. The Balaban J connectivity index is 2.07.